The van der Waals surface area contributed by atoms with Gasteiger partial charge >= 0.3 is 17.9 Å². The molecule has 46 heavy (non-hydrogen) atoms. The minimum absolute atomic E-state index is 0.0658. The first-order valence-corrected chi connectivity index (χ1v) is 19.9. The molecule has 0 aliphatic rings. The van der Waals surface area contributed by atoms with Crippen molar-refractivity contribution in [2.24, 2.45) is 5.92 Å². The molecular formula is C40H76O6. The molecule has 0 aromatic carbocycles. The lowest BCUT2D eigenvalue weighted by Gasteiger charge is -2.18. The van der Waals surface area contributed by atoms with Crippen molar-refractivity contribution in [3.05, 3.63) is 0 Å². The molecule has 272 valence electrons. The summed E-state index contributed by atoms with van der Waals surface area (Å²) in [5.41, 5.74) is 0. The van der Waals surface area contributed by atoms with E-state index in [0.29, 0.717) is 19.3 Å². The van der Waals surface area contributed by atoms with E-state index in [4.69, 9.17) is 14.2 Å². The van der Waals surface area contributed by atoms with Crippen LogP contribution in [0.1, 0.15) is 214 Å². The lowest BCUT2D eigenvalue weighted by atomic mass is 9.99. The molecule has 6 heteroatoms. The second kappa shape index (κ2) is 34.7. The highest BCUT2D eigenvalue weighted by Gasteiger charge is 2.19. The summed E-state index contributed by atoms with van der Waals surface area (Å²) < 4.78 is 16.5. The molecule has 0 aliphatic carbocycles. The molecule has 0 aromatic rings. The third-order valence-corrected chi connectivity index (χ3v) is 9.15. The summed E-state index contributed by atoms with van der Waals surface area (Å²) in [7, 11) is 0. The Balaban J connectivity index is 4.31. The van der Waals surface area contributed by atoms with E-state index in [1.807, 2.05) is 0 Å². The summed E-state index contributed by atoms with van der Waals surface area (Å²) >= 11 is 0. The Bertz CT molecular complexity index is 693. The van der Waals surface area contributed by atoms with Crippen molar-refractivity contribution in [1.82, 2.24) is 0 Å². The lowest BCUT2D eigenvalue weighted by Crippen LogP contribution is -2.30. The van der Waals surface area contributed by atoms with E-state index >= 15 is 0 Å². The van der Waals surface area contributed by atoms with Crippen molar-refractivity contribution in [3.8, 4) is 0 Å². The molecular weight excluding hydrogens is 576 g/mol. The van der Waals surface area contributed by atoms with Crippen molar-refractivity contribution >= 4 is 17.9 Å². The Kier molecular flexibility index (Phi) is 33.5. The van der Waals surface area contributed by atoms with Crippen LogP contribution in [0.15, 0.2) is 0 Å². The van der Waals surface area contributed by atoms with Crippen molar-refractivity contribution in [3.63, 3.8) is 0 Å². The maximum atomic E-state index is 12.5. The fraction of sp³-hybridized carbons (Fsp3) is 0.925. The first-order chi connectivity index (χ1) is 22.4. The van der Waals surface area contributed by atoms with E-state index in [0.717, 1.165) is 63.7 Å². The third kappa shape index (κ3) is 32.4. The van der Waals surface area contributed by atoms with Gasteiger partial charge in [-0.1, -0.05) is 175 Å². The number of carbonyl (C=O) groups excluding carboxylic acids is 3. The van der Waals surface area contributed by atoms with Crippen LogP contribution in [0.4, 0.5) is 0 Å². The predicted octanol–water partition coefficient (Wildman–Crippen LogP) is 12.0. The average Bonchev–Trinajstić information content (AvgIpc) is 3.05. The van der Waals surface area contributed by atoms with Gasteiger partial charge in [0.15, 0.2) is 6.10 Å². The first kappa shape index (κ1) is 44.4. The minimum Gasteiger partial charge on any atom is -0.462 e. The first-order valence-electron chi connectivity index (χ1n) is 19.9. The average molecular weight is 653 g/mol. The Morgan fingerprint density at radius 1 is 0.435 bits per heavy atom. The summed E-state index contributed by atoms with van der Waals surface area (Å²) in [4.78, 5) is 37.3. The molecule has 0 rings (SSSR count). The molecule has 0 N–H and O–H groups in total. The van der Waals surface area contributed by atoms with Gasteiger partial charge in [-0.05, 0) is 25.2 Å². The molecule has 2 atom stereocenters. The summed E-state index contributed by atoms with van der Waals surface area (Å²) in [5.74, 6) is -0.0250. The van der Waals surface area contributed by atoms with Crippen molar-refractivity contribution in [1.29, 1.82) is 0 Å². The lowest BCUT2D eigenvalue weighted by molar-refractivity contribution is -0.167. The molecule has 0 heterocycles. The van der Waals surface area contributed by atoms with E-state index in [9.17, 15) is 14.4 Å². The molecule has 6 nitrogen and oxygen atoms in total. The molecule has 0 saturated carbocycles. The van der Waals surface area contributed by atoms with Crippen LogP contribution < -0.4 is 0 Å². The Labute approximate surface area is 285 Å². The smallest absolute Gasteiger partial charge is 0.306 e. The normalized spacial score (nSPS) is 12.5. The maximum Gasteiger partial charge on any atom is 0.306 e. The molecule has 0 fully saturated rings. The van der Waals surface area contributed by atoms with Crippen molar-refractivity contribution in [2.45, 2.75) is 220 Å². The number of unbranched alkanes of at least 4 members (excludes halogenated alkanes) is 21. The van der Waals surface area contributed by atoms with Gasteiger partial charge in [0, 0.05) is 19.3 Å². The zero-order valence-electron chi connectivity index (χ0n) is 31.0. The van der Waals surface area contributed by atoms with Crippen LogP contribution in [0.3, 0.4) is 0 Å². The van der Waals surface area contributed by atoms with Crippen LogP contribution in [-0.2, 0) is 28.6 Å². The molecule has 1 unspecified atom stereocenters. The van der Waals surface area contributed by atoms with Crippen LogP contribution in [-0.4, -0.2) is 37.2 Å². The maximum absolute atomic E-state index is 12.5. The van der Waals surface area contributed by atoms with Crippen LogP contribution in [0.2, 0.25) is 0 Å². The van der Waals surface area contributed by atoms with E-state index in [1.165, 1.54) is 109 Å². The van der Waals surface area contributed by atoms with Gasteiger partial charge in [-0.25, -0.2) is 0 Å². The number of rotatable bonds is 35. The monoisotopic (exact) mass is 653 g/mol. The second-order valence-electron chi connectivity index (χ2n) is 13.8. The number of carbonyl (C=O) groups is 3. The molecule has 0 aromatic heterocycles. The quantitative estimate of drug-likeness (QED) is 0.0385. The Hall–Kier alpha value is -1.59. The van der Waals surface area contributed by atoms with E-state index in [1.54, 1.807) is 0 Å². The highest BCUT2D eigenvalue weighted by Crippen LogP contribution is 2.16. The van der Waals surface area contributed by atoms with Gasteiger partial charge in [0.05, 0.1) is 0 Å². The van der Waals surface area contributed by atoms with Gasteiger partial charge in [0.25, 0.3) is 0 Å². The highest BCUT2D eigenvalue weighted by molar-refractivity contribution is 5.71. The van der Waals surface area contributed by atoms with Crippen LogP contribution in [0, 0.1) is 5.92 Å². The summed E-state index contributed by atoms with van der Waals surface area (Å²) in [5, 5.41) is 0. The standard InChI is InChI=1S/C40H76O6/c1-5-8-10-12-14-15-20-23-27-31-38(41)44-34-37(46-40(43)33-29-25-18-13-11-9-6-2)35-45-39(42)32-28-24-21-17-16-19-22-26-30-36(4)7-3/h36-37H,5-35H2,1-4H3/t36?,37-/m0/s1. The van der Waals surface area contributed by atoms with Gasteiger partial charge in [-0.3, -0.25) is 14.4 Å². The van der Waals surface area contributed by atoms with Crippen LogP contribution in [0.25, 0.3) is 0 Å². The highest BCUT2D eigenvalue weighted by atomic mass is 16.6. The van der Waals surface area contributed by atoms with Crippen molar-refractivity contribution < 1.29 is 28.6 Å². The summed E-state index contributed by atoms with van der Waals surface area (Å²) in [6, 6.07) is 0. The number of hydrogen-bond acceptors (Lipinski definition) is 6. The SMILES string of the molecule is CCCCCCCCCCCC(=O)OC[C@@H](COC(=O)CCCCCCCCCCC(C)CC)OC(=O)CCCCCCCCC. The largest absolute Gasteiger partial charge is 0.462 e. The molecule has 0 radical (unpaired) electrons. The number of hydrogen-bond donors (Lipinski definition) is 0. The van der Waals surface area contributed by atoms with Gasteiger partial charge in [-0.2, -0.15) is 0 Å². The van der Waals surface area contributed by atoms with E-state index in [2.05, 4.69) is 27.7 Å². The topological polar surface area (TPSA) is 78.9 Å². The zero-order valence-corrected chi connectivity index (χ0v) is 31.0. The molecule has 0 saturated heterocycles. The van der Waals surface area contributed by atoms with Crippen molar-refractivity contribution in [2.75, 3.05) is 13.2 Å². The predicted molar refractivity (Wildman–Crippen MR) is 192 cm³/mol. The summed E-state index contributed by atoms with van der Waals surface area (Å²) in [6.07, 6.45) is 30.9. The fourth-order valence-electron chi connectivity index (χ4n) is 5.71. The van der Waals surface area contributed by atoms with Crippen LogP contribution in [0.5, 0.6) is 0 Å². The zero-order chi connectivity index (χ0) is 33.9. The van der Waals surface area contributed by atoms with Gasteiger partial charge in [-0.15, -0.1) is 0 Å². The van der Waals surface area contributed by atoms with Crippen LogP contribution >= 0.6 is 0 Å². The van der Waals surface area contributed by atoms with E-state index < -0.39 is 6.10 Å². The molecule has 0 spiro atoms. The van der Waals surface area contributed by atoms with Gasteiger partial charge in [0.2, 0.25) is 0 Å². The fourth-order valence-corrected chi connectivity index (χ4v) is 5.71. The summed E-state index contributed by atoms with van der Waals surface area (Å²) in [6.45, 7) is 8.91. The molecule has 0 bridgehead atoms. The second-order valence-corrected chi connectivity index (χ2v) is 13.8. The van der Waals surface area contributed by atoms with Gasteiger partial charge < -0.3 is 14.2 Å². The Morgan fingerprint density at radius 2 is 0.761 bits per heavy atom. The third-order valence-electron chi connectivity index (χ3n) is 9.15. The molecule has 0 amide bonds. The minimum atomic E-state index is -0.756. The number of esters is 3. The molecule has 0 aliphatic heterocycles. The van der Waals surface area contributed by atoms with Gasteiger partial charge in [0.1, 0.15) is 13.2 Å². The Morgan fingerprint density at radius 3 is 1.13 bits per heavy atom. The number of ether oxygens (including phenoxy) is 3. The van der Waals surface area contributed by atoms with E-state index in [-0.39, 0.29) is 31.1 Å².